The molecule has 0 bridgehead atoms. The number of carbonyl (C=O) groups is 2. The van der Waals surface area contributed by atoms with Crippen LogP contribution >= 0.6 is 11.6 Å². The zero-order valence-electron chi connectivity index (χ0n) is 17.7. The Morgan fingerprint density at radius 1 is 1.23 bits per heavy atom. The molecule has 1 aromatic heterocycles. The number of fused-ring (bicyclic) bond motifs is 1. The van der Waals surface area contributed by atoms with Gasteiger partial charge in [-0.1, -0.05) is 0 Å². The second-order valence-electron chi connectivity index (χ2n) is 8.23. The molecule has 0 unspecified atom stereocenters. The van der Waals surface area contributed by atoms with Crippen LogP contribution in [-0.2, 0) is 17.7 Å². The van der Waals surface area contributed by atoms with Crippen molar-refractivity contribution in [2.45, 2.75) is 52.3 Å². The van der Waals surface area contributed by atoms with Gasteiger partial charge in [0.2, 0.25) is 5.28 Å². The van der Waals surface area contributed by atoms with Crippen molar-refractivity contribution in [1.82, 2.24) is 19.8 Å². The van der Waals surface area contributed by atoms with Crippen molar-refractivity contribution in [3.05, 3.63) is 56.7 Å². The van der Waals surface area contributed by atoms with E-state index in [0.29, 0.717) is 28.9 Å². The molecule has 1 N–H and O–H groups in total. The van der Waals surface area contributed by atoms with Gasteiger partial charge < -0.3 is 10.1 Å². The first-order valence-electron chi connectivity index (χ1n) is 9.64. The standard InChI is InChI=1S/C21H25ClN4O4/c1-12-10-15-16(11-25(12)20(29)30-21(2,3)4)24-19(22)26(18(15)28)14-8-6-13(7-9-14)17(27)23-5/h6-9,12H,10-11H2,1-5H3,(H,23,27)/t12-/m1/s1. The van der Waals surface area contributed by atoms with Crippen LogP contribution in [0, 0.1) is 0 Å². The van der Waals surface area contributed by atoms with E-state index < -0.39 is 11.7 Å². The van der Waals surface area contributed by atoms with Gasteiger partial charge in [-0.2, -0.15) is 0 Å². The number of amides is 2. The van der Waals surface area contributed by atoms with Crippen molar-refractivity contribution in [2.75, 3.05) is 7.05 Å². The highest BCUT2D eigenvalue weighted by Crippen LogP contribution is 2.24. The van der Waals surface area contributed by atoms with Crippen molar-refractivity contribution in [1.29, 1.82) is 0 Å². The smallest absolute Gasteiger partial charge is 0.410 e. The highest BCUT2D eigenvalue weighted by Gasteiger charge is 2.33. The minimum absolute atomic E-state index is 0.00913. The van der Waals surface area contributed by atoms with E-state index >= 15 is 0 Å². The fraction of sp³-hybridized carbons (Fsp3) is 0.429. The van der Waals surface area contributed by atoms with E-state index in [1.165, 1.54) is 4.57 Å². The van der Waals surface area contributed by atoms with E-state index in [1.54, 1.807) is 57.0 Å². The third-order valence-electron chi connectivity index (χ3n) is 4.82. The SMILES string of the molecule is CNC(=O)c1ccc(-n2c(Cl)nc3c(c2=O)C[C@@H](C)N(C(=O)OC(C)(C)C)C3)cc1. The molecule has 0 fully saturated rings. The molecule has 0 radical (unpaired) electrons. The van der Waals surface area contributed by atoms with E-state index in [9.17, 15) is 14.4 Å². The quantitative estimate of drug-likeness (QED) is 0.736. The van der Waals surface area contributed by atoms with E-state index in [2.05, 4.69) is 10.3 Å². The fourth-order valence-electron chi connectivity index (χ4n) is 3.32. The lowest BCUT2D eigenvalue weighted by atomic mass is 10.00. The summed E-state index contributed by atoms with van der Waals surface area (Å²) in [5.74, 6) is -0.223. The number of ether oxygens (including phenoxy) is 1. The molecule has 30 heavy (non-hydrogen) atoms. The second-order valence-corrected chi connectivity index (χ2v) is 8.57. The first-order chi connectivity index (χ1) is 14.0. The Bertz CT molecular complexity index is 1040. The summed E-state index contributed by atoms with van der Waals surface area (Å²) < 4.78 is 6.78. The van der Waals surface area contributed by atoms with Crippen LogP contribution in [-0.4, -0.2) is 45.1 Å². The summed E-state index contributed by atoms with van der Waals surface area (Å²) in [5.41, 5.74) is 1.06. The summed E-state index contributed by atoms with van der Waals surface area (Å²) in [6.45, 7) is 7.42. The molecule has 2 heterocycles. The molecule has 1 aromatic carbocycles. The summed E-state index contributed by atoms with van der Waals surface area (Å²) in [6, 6.07) is 6.29. The molecule has 160 valence electrons. The zero-order chi connectivity index (χ0) is 22.2. The first-order valence-corrected chi connectivity index (χ1v) is 10.0. The number of nitrogens with zero attached hydrogens (tertiary/aromatic N) is 3. The molecule has 0 aliphatic carbocycles. The minimum atomic E-state index is -0.619. The van der Waals surface area contributed by atoms with Crippen LogP contribution in [0.2, 0.25) is 5.28 Å². The van der Waals surface area contributed by atoms with Crippen molar-refractivity contribution in [3.8, 4) is 5.69 Å². The summed E-state index contributed by atoms with van der Waals surface area (Å²) in [6.07, 6.45) is -0.110. The number of halogens is 1. The van der Waals surface area contributed by atoms with Crippen LogP contribution in [0.5, 0.6) is 0 Å². The van der Waals surface area contributed by atoms with Crippen LogP contribution in [0.4, 0.5) is 4.79 Å². The average Bonchev–Trinajstić information content (AvgIpc) is 2.67. The summed E-state index contributed by atoms with van der Waals surface area (Å²) in [4.78, 5) is 43.4. The van der Waals surface area contributed by atoms with Gasteiger partial charge in [-0.15, -0.1) is 0 Å². The van der Waals surface area contributed by atoms with Gasteiger partial charge in [-0.25, -0.2) is 9.78 Å². The average molecular weight is 433 g/mol. The molecule has 9 heteroatoms. The largest absolute Gasteiger partial charge is 0.444 e. The van der Waals surface area contributed by atoms with E-state index in [0.717, 1.165) is 0 Å². The Hall–Kier alpha value is -2.87. The van der Waals surface area contributed by atoms with Crippen LogP contribution in [0.1, 0.15) is 49.3 Å². The van der Waals surface area contributed by atoms with Gasteiger partial charge in [-0.05, 0) is 63.6 Å². The van der Waals surface area contributed by atoms with E-state index in [4.69, 9.17) is 16.3 Å². The highest BCUT2D eigenvalue weighted by molar-refractivity contribution is 6.28. The molecule has 0 saturated heterocycles. The zero-order valence-corrected chi connectivity index (χ0v) is 18.4. The minimum Gasteiger partial charge on any atom is -0.444 e. The van der Waals surface area contributed by atoms with Crippen molar-refractivity contribution in [2.24, 2.45) is 0 Å². The predicted octanol–water partition coefficient (Wildman–Crippen LogP) is 2.93. The highest BCUT2D eigenvalue weighted by atomic mass is 35.5. The molecule has 1 aliphatic rings. The van der Waals surface area contributed by atoms with Crippen LogP contribution in [0.3, 0.4) is 0 Å². The predicted molar refractivity (Wildman–Crippen MR) is 113 cm³/mol. The maximum absolute atomic E-state index is 13.2. The maximum Gasteiger partial charge on any atom is 0.410 e. The lowest BCUT2D eigenvalue weighted by Gasteiger charge is -2.35. The van der Waals surface area contributed by atoms with Crippen molar-refractivity contribution in [3.63, 3.8) is 0 Å². The Morgan fingerprint density at radius 3 is 2.43 bits per heavy atom. The lowest BCUT2D eigenvalue weighted by molar-refractivity contribution is 0.0133. The number of benzene rings is 1. The Morgan fingerprint density at radius 2 is 1.87 bits per heavy atom. The Labute approximate surface area is 179 Å². The molecule has 0 saturated carbocycles. The molecular formula is C21H25ClN4O4. The lowest BCUT2D eigenvalue weighted by Crippen LogP contribution is -2.47. The van der Waals surface area contributed by atoms with Gasteiger partial charge >= 0.3 is 6.09 Å². The molecule has 2 aromatic rings. The summed E-state index contributed by atoms with van der Waals surface area (Å²) in [5, 5.41) is 2.54. The maximum atomic E-state index is 13.2. The van der Waals surface area contributed by atoms with Gasteiger partial charge in [-0.3, -0.25) is 19.1 Å². The van der Waals surface area contributed by atoms with Crippen molar-refractivity contribution < 1.29 is 14.3 Å². The number of hydrogen-bond donors (Lipinski definition) is 1. The number of nitrogens with one attached hydrogen (secondary N) is 1. The van der Waals surface area contributed by atoms with Crippen LogP contribution in [0.15, 0.2) is 29.1 Å². The number of hydrogen-bond acceptors (Lipinski definition) is 5. The van der Waals surface area contributed by atoms with Gasteiger partial charge in [0.1, 0.15) is 5.60 Å². The third-order valence-corrected chi connectivity index (χ3v) is 5.07. The van der Waals surface area contributed by atoms with Gasteiger partial charge in [0.15, 0.2) is 0 Å². The monoisotopic (exact) mass is 432 g/mol. The van der Waals surface area contributed by atoms with Gasteiger partial charge in [0.05, 0.1) is 17.9 Å². The molecule has 0 spiro atoms. The summed E-state index contributed by atoms with van der Waals surface area (Å²) in [7, 11) is 1.55. The van der Waals surface area contributed by atoms with Gasteiger partial charge in [0.25, 0.3) is 11.5 Å². The Kier molecular flexibility index (Phi) is 5.90. The molecule has 3 rings (SSSR count). The van der Waals surface area contributed by atoms with Crippen LogP contribution in [0.25, 0.3) is 5.69 Å². The second kappa shape index (κ2) is 8.10. The first kappa shape index (κ1) is 21.8. The molecule has 1 atom stereocenters. The normalized spacial score (nSPS) is 16.1. The third kappa shape index (κ3) is 4.33. The van der Waals surface area contributed by atoms with E-state index in [1.807, 2.05) is 6.92 Å². The molecule has 1 aliphatic heterocycles. The molecule has 8 nitrogen and oxygen atoms in total. The van der Waals surface area contributed by atoms with Gasteiger partial charge in [0, 0.05) is 30.6 Å². The number of aromatic nitrogens is 2. The van der Waals surface area contributed by atoms with E-state index in [-0.39, 0.29) is 29.3 Å². The number of rotatable bonds is 2. The number of carbonyl (C=O) groups excluding carboxylic acids is 2. The van der Waals surface area contributed by atoms with Crippen molar-refractivity contribution >= 4 is 23.6 Å². The molecular weight excluding hydrogens is 408 g/mol. The summed E-state index contributed by atoms with van der Waals surface area (Å²) >= 11 is 6.34. The van der Waals surface area contributed by atoms with Crippen LogP contribution < -0.4 is 10.9 Å². The Balaban J connectivity index is 1.96. The topological polar surface area (TPSA) is 93.5 Å². The molecule has 2 amide bonds. The fourth-order valence-corrected chi connectivity index (χ4v) is 3.60.